The minimum absolute atomic E-state index is 0.388. The summed E-state index contributed by atoms with van der Waals surface area (Å²) >= 11 is 0. The van der Waals surface area contributed by atoms with Gasteiger partial charge in [0.2, 0.25) is 10.0 Å². The molecule has 0 saturated carbocycles. The first-order valence-corrected chi connectivity index (χ1v) is 10.5. The van der Waals surface area contributed by atoms with Gasteiger partial charge in [-0.1, -0.05) is 36.4 Å². The number of amides is 1. The van der Waals surface area contributed by atoms with Gasteiger partial charge in [0.15, 0.2) is 6.10 Å². The molecule has 2 aromatic rings. The van der Waals surface area contributed by atoms with Crippen LogP contribution in [0.15, 0.2) is 48.5 Å². The molecule has 0 saturated heterocycles. The van der Waals surface area contributed by atoms with Crippen molar-refractivity contribution in [3.63, 3.8) is 0 Å². The van der Waals surface area contributed by atoms with Crippen molar-refractivity contribution in [2.75, 3.05) is 22.4 Å². The second-order valence-corrected chi connectivity index (χ2v) is 8.40. The van der Waals surface area contributed by atoms with E-state index in [1.807, 2.05) is 19.1 Å². The number of rotatable bonds is 7. The fourth-order valence-electron chi connectivity index (χ4n) is 2.58. The summed E-state index contributed by atoms with van der Waals surface area (Å²) in [6.45, 7) is 4.51. The van der Waals surface area contributed by atoms with Gasteiger partial charge in [0.25, 0.3) is 5.91 Å². The molecule has 0 heterocycles. The van der Waals surface area contributed by atoms with E-state index in [1.165, 1.54) is 6.92 Å². The van der Waals surface area contributed by atoms with Gasteiger partial charge >= 0.3 is 5.97 Å². The predicted molar refractivity (Wildman–Crippen MR) is 109 cm³/mol. The highest BCUT2D eigenvalue weighted by Gasteiger charge is 2.25. The predicted octanol–water partition coefficient (Wildman–Crippen LogP) is 2.64. The van der Waals surface area contributed by atoms with Gasteiger partial charge in [-0.15, -0.1) is 0 Å². The van der Waals surface area contributed by atoms with Crippen molar-refractivity contribution in [1.29, 1.82) is 0 Å². The first kappa shape index (κ1) is 21.4. The standard InChI is InChI=1S/C20H24N2O5S/c1-14-9-5-7-11-17(14)21-20(24)16(3)27-19(23)13-22(28(4,25)26)18-12-8-6-10-15(18)2/h5-12,16H,13H2,1-4H3,(H,21,24). The Hall–Kier alpha value is -2.87. The maximum absolute atomic E-state index is 12.3. The van der Waals surface area contributed by atoms with Crippen LogP contribution in [0.4, 0.5) is 11.4 Å². The van der Waals surface area contributed by atoms with E-state index in [0.717, 1.165) is 16.1 Å². The number of hydrogen-bond acceptors (Lipinski definition) is 5. The minimum atomic E-state index is -3.71. The van der Waals surface area contributed by atoms with E-state index in [0.29, 0.717) is 16.9 Å². The van der Waals surface area contributed by atoms with E-state index < -0.39 is 34.5 Å². The van der Waals surface area contributed by atoms with E-state index in [2.05, 4.69) is 5.32 Å². The smallest absolute Gasteiger partial charge is 0.327 e. The number of nitrogens with zero attached hydrogens (tertiary/aromatic N) is 1. The molecule has 8 heteroatoms. The lowest BCUT2D eigenvalue weighted by Crippen LogP contribution is -2.39. The number of carbonyl (C=O) groups excluding carboxylic acids is 2. The van der Waals surface area contributed by atoms with Crippen LogP contribution in [-0.4, -0.2) is 39.2 Å². The largest absolute Gasteiger partial charge is 0.451 e. The summed E-state index contributed by atoms with van der Waals surface area (Å²) in [7, 11) is -3.71. The monoisotopic (exact) mass is 404 g/mol. The molecule has 1 unspecified atom stereocenters. The number of esters is 1. The first-order chi connectivity index (χ1) is 13.1. The quantitative estimate of drug-likeness (QED) is 0.716. The Balaban J connectivity index is 2.07. The summed E-state index contributed by atoms with van der Waals surface area (Å²) in [5.74, 6) is -1.31. The highest BCUT2D eigenvalue weighted by Crippen LogP contribution is 2.22. The summed E-state index contributed by atoms with van der Waals surface area (Å²) in [6, 6.07) is 14.0. The van der Waals surface area contributed by atoms with Crippen molar-refractivity contribution < 1.29 is 22.7 Å². The first-order valence-electron chi connectivity index (χ1n) is 8.69. The Morgan fingerprint density at radius 3 is 2.18 bits per heavy atom. The zero-order valence-electron chi connectivity index (χ0n) is 16.3. The Labute approximate surface area is 165 Å². The van der Waals surface area contributed by atoms with E-state index in [1.54, 1.807) is 43.3 Å². The zero-order valence-corrected chi connectivity index (χ0v) is 17.1. The van der Waals surface area contributed by atoms with Crippen LogP contribution >= 0.6 is 0 Å². The topological polar surface area (TPSA) is 92.8 Å². The maximum atomic E-state index is 12.3. The normalized spacial score (nSPS) is 12.1. The lowest BCUT2D eigenvalue weighted by Gasteiger charge is -2.24. The molecule has 1 amide bonds. The van der Waals surface area contributed by atoms with E-state index >= 15 is 0 Å². The summed E-state index contributed by atoms with van der Waals surface area (Å²) in [6.07, 6.45) is -0.0634. The average Bonchev–Trinajstić information content (AvgIpc) is 2.61. The molecule has 2 aromatic carbocycles. The number of aryl methyl sites for hydroxylation is 2. The van der Waals surface area contributed by atoms with Crippen molar-refractivity contribution in [2.45, 2.75) is 26.9 Å². The number of ether oxygens (including phenoxy) is 1. The Kier molecular flexibility index (Phi) is 6.80. The molecule has 0 aliphatic heterocycles. The number of nitrogens with one attached hydrogen (secondary N) is 1. The van der Waals surface area contributed by atoms with Gasteiger partial charge < -0.3 is 10.1 Å². The molecular weight excluding hydrogens is 380 g/mol. The summed E-state index contributed by atoms with van der Waals surface area (Å²) < 4.78 is 30.4. The molecule has 0 aliphatic rings. The zero-order chi connectivity index (χ0) is 20.9. The molecule has 0 aliphatic carbocycles. The minimum Gasteiger partial charge on any atom is -0.451 e. The number of para-hydroxylation sites is 2. The van der Waals surface area contributed by atoms with Crippen molar-refractivity contribution in [2.24, 2.45) is 0 Å². The number of benzene rings is 2. The van der Waals surface area contributed by atoms with Gasteiger partial charge in [-0.2, -0.15) is 0 Å². The van der Waals surface area contributed by atoms with Crippen LogP contribution in [0, 0.1) is 13.8 Å². The molecule has 0 aromatic heterocycles. The highest BCUT2D eigenvalue weighted by molar-refractivity contribution is 7.92. The fraction of sp³-hybridized carbons (Fsp3) is 0.300. The molecule has 0 spiro atoms. The molecule has 7 nitrogen and oxygen atoms in total. The second-order valence-electron chi connectivity index (χ2n) is 6.49. The number of hydrogen-bond donors (Lipinski definition) is 1. The van der Waals surface area contributed by atoms with E-state index in [-0.39, 0.29) is 0 Å². The van der Waals surface area contributed by atoms with Crippen LogP contribution in [0.5, 0.6) is 0 Å². The molecule has 2 rings (SSSR count). The summed E-state index contributed by atoms with van der Waals surface area (Å²) in [4.78, 5) is 24.6. The van der Waals surface area contributed by atoms with Crippen molar-refractivity contribution >= 4 is 33.3 Å². The maximum Gasteiger partial charge on any atom is 0.327 e. The van der Waals surface area contributed by atoms with Gasteiger partial charge in [-0.25, -0.2) is 8.42 Å². The molecule has 0 fully saturated rings. The number of carbonyl (C=O) groups is 2. The van der Waals surface area contributed by atoms with Crippen LogP contribution in [0.2, 0.25) is 0 Å². The van der Waals surface area contributed by atoms with Gasteiger partial charge in [0.1, 0.15) is 6.54 Å². The third kappa shape index (κ3) is 5.56. The SMILES string of the molecule is Cc1ccccc1NC(=O)C(C)OC(=O)CN(c1ccccc1C)S(C)(=O)=O. The van der Waals surface area contributed by atoms with Gasteiger partial charge in [0.05, 0.1) is 11.9 Å². The third-order valence-corrected chi connectivity index (χ3v) is 5.26. The average molecular weight is 404 g/mol. The van der Waals surface area contributed by atoms with Crippen LogP contribution in [0.3, 0.4) is 0 Å². The lowest BCUT2D eigenvalue weighted by molar-refractivity contribution is -0.151. The van der Waals surface area contributed by atoms with Gasteiger partial charge in [-0.3, -0.25) is 13.9 Å². The fourth-order valence-corrected chi connectivity index (χ4v) is 3.48. The summed E-state index contributed by atoms with van der Waals surface area (Å²) in [5, 5.41) is 2.69. The molecule has 28 heavy (non-hydrogen) atoms. The van der Waals surface area contributed by atoms with Crippen LogP contribution in [0.25, 0.3) is 0 Å². The Morgan fingerprint density at radius 2 is 1.61 bits per heavy atom. The Morgan fingerprint density at radius 1 is 1.04 bits per heavy atom. The number of sulfonamides is 1. The second kappa shape index (κ2) is 8.88. The van der Waals surface area contributed by atoms with Crippen LogP contribution in [-0.2, 0) is 24.3 Å². The van der Waals surface area contributed by atoms with E-state index in [4.69, 9.17) is 4.74 Å². The van der Waals surface area contributed by atoms with E-state index in [9.17, 15) is 18.0 Å². The molecule has 150 valence electrons. The van der Waals surface area contributed by atoms with Crippen molar-refractivity contribution in [1.82, 2.24) is 0 Å². The van der Waals surface area contributed by atoms with Gasteiger partial charge in [0, 0.05) is 5.69 Å². The van der Waals surface area contributed by atoms with Crippen molar-refractivity contribution in [3.05, 3.63) is 59.7 Å². The molecule has 1 N–H and O–H groups in total. The lowest BCUT2D eigenvalue weighted by atomic mass is 10.2. The molecule has 1 atom stereocenters. The van der Waals surface area contributed by atoms with Crippen molar-refractivity contribution in [3.8, 4) is 0 Å². The highest BCUT2D eigenvalue weighted by atomic mass is 32.2. The number of anilines is 2. The van der Waals surface area contributed by atoms with Crippen LogP contribution in [0.1, 0.15) is 18.1 Å². The molecule has 0 bridgehead atoms. The Bertz CT molecular complexity index is 972. The molecule has 0 radical (unpaired) electrons. The molecular formula is C20H24N2O5S. The van der Waals surface area contributed by atoms with Gasteiger partial charge in [-0.05, 0) is 44.0 Å². The summed E-state index contributed by atoms with van der Waals surface area (Å²) in [5.41, 5.74) is 2.58. The van der Waals surface area contributed by atoms with Crippen LogP contribution < -0.4 is 9.62 Å². The third-order valence-electron chi connectivity index (χ3n) is 4.14.